The van der Waals surface area contributed by atoms with E-state index in [0.29, 0.717) is 0 Å². The fourth-order valence-corrected chi connectivity index (χ4v) is 4.41. The zero-order chi connectivity index (χ0) is 20.5. The average molecular weight is 398 g/mol. The molecule has 0 radical (unpaired) electrons. The lowest BCUT2D eigenvalue weighted by Crippen LogP contribution is -2.43. The fourth-order valence-electron chi connectivity index (χ4n) is 4.41. The molecule has 0 aliphatic carbocycles. The second kappa shape index (κ2) is 7.92. The van der Waals surface area contributed by atoms with Crippen LogP contribution in [0.25, 0.3) is 21.5 Å². The number of aryl methyl sites for hydroxylation is 1. The summed E-state index contributed by atoms with van der Waals surface area (Å²) >= 11 is 0. The normalized spacial score (nSPS) is 15.5. The molecule has 2 heterocycles. The maximum absolute atomic E-state index is 4.55. The smallest absolute Gasteiger partial charge is 0.157 e. The van der Waals surface area contributed by atoms with Crippen LogP contribution in [0.2, 0.25) is 0 Å². The van der Waals surface area contributed by atoms with Crippen LogP contribution in [0, 0.1) is 6.92 Å². The molecule has 0 amide bonds. The molecule has 30 heavy (non-hydrogen) atoms. The van der Waals surface area contributed by atoms with Crippen molar-refractivity contribution in [2.24, 2.45) is 0 Å². The van der Waals surface area contributed by atoms with Gasteiger partial charge in [0.15, 0.2) is 5.82 Å². The van der Waals surface area contributed by atoms with Crippen molar-refractivity contribution in [2.45, 2.75) is 19.9 Å². The maximum atomic E-state index is 4.55. The molecule has 0 unspecified atom stereocenters. The van der Waals surface area contributed by atoms with Crippen molar-refractivity contribution in [1.29, 1.82) is 0 Å². The Kier molecular flexibility index (Phi) is 4.97. The SMILES string of the molecule is Cc1nnc(N[C@H](C)c2cccc3ccccc23)c2cc(N3CCNCC3)ccc12. The van der Waals surface area contributed by atoms with Crippen LogP contribution in [0.1, 0.15) is 24.2 Å². The second-order valence-electron chi connectivity index (χ2n) is 8.04. The monoisotopic (exact) mass is 397 g/mol. The number of anilines is 2. The molecule has 1 aromatic heterocycles. The molecule has 1 aliphatic rings. The molecule has 4 aromatic rings. The first-order chi connectivity index (χ1) is 14.7. The number of nitrogens with zero attached hydrogens (tertiary/aromatic N) is 3. The summed E-state index contributed by atoms with van der Waals surface area (Å²) in [5.41, 5.74) is 3.47. The maximum Gasteiger partial charge on any atom is 0.157 e. The van der Waals surface area contributed by atoms with Crippen molar-refractivity contribution in [3.05, 3.63) is 71.9 Å². The van der Waals surface area contributed by atoms with Gasteiger partial charge in [-0.3, -0.25) is 0 Å². The highest BCUT2D eigenvalue weighted by Gasteiger charge is 2.16. The van der Waals surface area contributed by atoms with Gasteiger partial charge < -0.3 is 15.5 Å². The molecule has 152 valence electrons. The van der Waals surface area contributed by atoms with Gasteiger partial charge in [0, 0.05) is 42.6 Å². The van der Waals surface area contributed by atoms with Crippen LogP contribution >= 0.6 is 0 Å². The van der Waals surface area contributed by atoms with Crippen molar-refractivity contribution >= 4 is 33.1 Å². The van der Waals surface area contributed by atoms with Crippen LogP contribution in [-0.4, -0.2) is 36.4 Å². The van der Waals surface area contributed by atoms with E-state index in [9.17, 15) is 0 Å². The van der Waals surface area contributed by atoms with Gasteiger partial charge in [0.2, 0.25) is 0 Å². The van der Waals surface area contributed by atoms with E-state index >= 15 is 0 Å². The van der Waals surface area contributed by atoms with E-state index in [0.717, 1.165) is 48.5 Å². The minimum atomic E-state index is 0.110. The summed E-state index contributed by atoms with van der Waals surface area (Å²) in [5.74, 6) is 0.841. The topological polar surface area (TPSA) is 53.1 Å². The van der Waals surface area contributed by atoms with E-state index in [1.807, 2.05) is 6.92 Å². The third-order valence-electron chi connectivity index (χ3n) is 6.07. The zero-order valence-electron chi connectivity index (χ0n) is 17.5. The van der Waals surface area contributed by atoms with Gasteiger partial charge >= 0.3 is 0 Å². The van der Waals surface area contributed by atoms with E-state index < -0.39 is 0 Å². The standard InChI is InChI=1S/C25H27N5/c1-17(21-9-5-7-19-6-3-4-8-23(19)21)27-25-24-16-20(30-14-12-26-13-15-30)10-11-22(24)18(2)28-29-25/h3-11,16-17,26H,12-15H2,1-2H3,(H,27,29)/t17-/m1/s1. The van der Waals surface area contributed by atoms with Gasteiger partial charge in [0.25, 0.3) is 0 Å². The van der Waals surface area contributed by atoms with Crippen LogP contribution in [0.5, 0.6) is 0 Å². The summed E-state index contributed by atoms with van der Waals surface area (Å²) in [4.78, 5) is 2.43. The van der Waals surface area contributed by atoms with E-state index in [1.54, 1.807) is 0 Å². The summed E-state index contributed by atoms with van der Waals surface area (Å²) in [6.45, 7) is 8.31. The molecule has 0 spiro atoms. The minimum absolute atomic E-state index is 0.110. The number of benzene rings is 3. The molecule has 3 aromatic carbocycles. The number of fused-ring (bicyclic) bond motifs is 2. The van der Waals surface area contributed by atoms with Crippen LogP contribution < -0.4 is 15.5 Å². The van der Waals surface area contributed by atoms with Crippen LogP contribution in [-0.2, 0) is 0 Å². The number of aromatic nitrogens is 2. The summed E-state index contributed by atoms with van der Waals surface area (Å²) in [5, 5.41) is 20.8. The van der Waals surface area contributed by atoms with Gasteiger partial charge in [0.05, 0.1) is 11.7 Å². The molecule has 0 bridgehead atoms. The highest BCUT2D eigenvalue weighted by atomic mass is 15.2. The molecule has 5 heteroatoms. The first-order valence-corrected chi connectivity index (χ1v) is 10.7. The summed E-state index contributed by atoms with van der Waals surface area (Å²) in [7, 11) is 0. The molecule has 5 rings (SSSR count). The minimum Gasteiger partial charge on any atom is -0.369 e. The highest BCUT2D eigenvalue weighted by Crippen LogP contribution is 2.32. The second-order valence-corrected chi connectivity index (χ2v) is 8.04. The van der Waals surface area contributed by atoms with Crippen LogP contribution in [0.15, 0.2) is 60.7 Å². The Labute approximate surface area is 177 Å². The fraction of sp³-hybridized carbons (Fsp3) is 0.280. The van der Waals surface area contributed by atoms with E-state index in [2.05, 4.69) is 93.3 Å². The van der Waals surface area contributed by atoms with Gasteiger partial charge in [0.1, 0.15) is 0 Å². The first kappa shape index (κ1) is 18.8. The van der Waals surface area contributed by atoms with Crippen molar-refractivity contribution < 1.29 is 0 Å². The predicted octanol–water partition coefficient (Wildman–Crippen LogP) is 4.67. The third kappa shape index (κ3) is 3.46. The Hall–Kier alpha value is -3.18. The lowest BCUT2D eigenvalue weighted by molar-refractivity contribution is 0.589. The molecular formula is C25H27N5. The number of hydrogen-bond donors (Lipinski definition) is 2. The highest BCUT2D eigenvalue weighted by molar-refractivity contribution is 5.95. The first-order valence-electron chi connectivity index (χ1n) is 10.7. The Morgan fingerprint density at radius 3 is 2.57 bits per heavy atom. The quantitative estimate of drug-likeness (QED) is 0.524. The van der Waals surface area contributed by atoms with Crippen LogP contribution in [0.3, 0.4) is 0 Å². The summed E-state index contributed by atoms with van der Waals surface area (Å²) in [6, 6.07) is 21.8. The number of nitrogens with one attached hydrogen (secondary N) is 2. The molecular weight excluding hydrogens is 370 g/mol. The number of rotatable bonds is 4. The van der Waals surface area contributed by atoms with Gasteiger partial charge in [-0.05, 0) is 42.3 Å². The largest absolute Gasteiger partial charge is 0.369 e. The van der Waals surface area contributed by atoms with Crippen molar-refractivity contribution in [1.82, 2.24) is 15.5 Å². The summed E-state index contributed by atoms with van der Waals surface area (Å²) in [6.07, 6.45) is 0. The number of hydrogen-bond acceptors (Lipinski definition) is 5. The molecule has 1 atom stereocenters. The van der Waals surface area contributed by atoms with Gasteiger partial charge in [-0.15, -0.1) is 5.10 Å². The molecule has 1 saturated heterocycles. The van der Waals surface area contributed by atoms with Gasteiger partial charge in [-0.1, -0.05) is 48.5 Å². The molecule has 0 saturated carbocycles. The van der Waals surface area contributed by atoms with Gasteiger partial charge in [-0.25, -0.2) is 0 Å². The Morgan fingerprint density at radius 1 is 0.900 bits per heavy atom. The molecule has 1 aliphatic heterocycles. The number of piperazine rings is 1. The van der Waals surface area contributed by atoms with E-state index in [-0.39, 0.29) is 6.04 Å². The van der Waals surface area contributed by atoms with Crippen LogP contribution in [0.4, 0.5) is 11.5 Å². The Balaban J connectivity index is 1.53. The molecule has 5 nitrogen and oxygen atoms in total. The lowest BCUT2D eigenvalue weighted by atomic mass is 9.99. The predicted molar refractivity (Wildman–Crippen MR) is 125 cm³/mol. The Bertz CT molecular complexity index is 1190. The summed E-state index contributed by atoms with van der Waals surface area (Å²) < 4.78 is 0. The van der Waals surface area contributed by atoms with Crippen molar-refractivity contribution in [3.8, 4) is 0 Å². The molecule has 1 fully saturated rings. The molecule has 2 N–H and O–H groups in total. The van der Waals surface area contributed by atoms with Gasteiger partial charge in [-0.2, -0.15) is 5.10 Å². The zero-order valence-corrected chi connectivity index (χ0v) is 17.5. The van der Waals surface area contributed by atoms with Crippen molar-refractivity contribution in [3.63, 3.8) is 0 Å². The Morgan fingerprint density at radius 2 is 1.70 bits per heavy atom. The third-order valence-corrected chi connectivity index (χ3v) is 6.07. The van der Waals surface area contributed by atoms with E-state index in [1.165, 1.54) is 22.0 Å². The average Bonchev–Trinajstić information content (AvgIpc) is 2.81. The van der Waals surface area contributed by atoms with Crippen molar-refractivity contribution in [2.75, 3.05) is 36.4 Å². The van der Waals surface area contributed by atoms with E-state index in [4.69, 9.17) is 0 Å². The lowest BCUT2D eigenvalue weighted by Gasteiger charge is -2.29.